The summed E-state index contributed by atoms with van der Waals surface area (Å²) in [6.45, 7) is 2.57. The Labute approximate surface area is 123 Å². The molecule has 0 spiro atoms. The standard InChI is InChI=1S/C11H13NO4.C3H6NO.Fm/c13-8-12-9-15-7-11(14)16-6-10-4-2-1-3-5-10;1-2-4-3-5;/h1-5,8H,6-7,9H2,(H,12,13);2H2,1H3,(H,4,5);/q;-1;. The summed E-state index contributed by atoms with van der Waals surface area (Å²) in [4.78, 5) is 30.1. The normalized spacial score (nSPS) is 8.41. The number of carbonyl (C=O) groups is 2. The molecule has 2 N–H and O–H groups in total. The Balaban J connectivity index is 0. The minimum absolute atomic E-state index is 0. The zero-order valence-corrected chi connectivity index (χ0v) is 14.5. The van der Waals surface area contributed by atoms with Gasteiger partial charge < -0.3 is 24.9 Å². The van der Waals surface area contributed by atoms with Crippen LogP contribution in [0.15, 0.2) is 30.3 Å². The van der Waals surface area contributed by atoms with Crippen LogP contribution in [-0.4, -0.2) is 38.7 Å². The van der Waals surface area contributed by atoms with E-state index in [4.69, 9.17) is 14.3 Å². The van der Waals surface area contributed by atoms with E-state index < -0.39 is 5.97 Å². The van der Waals surface area contributed by atoms with Crippen LogP contribution in [0.5, 0.6) is 0 Å². The maximum atomic E-state index is 11.1. The molecule has 0 atom stereocenters. The summed E-state index contributed by atoms with van der Waals surface area (Å²) in [7, 11) is 0. The van der Waals surface area contributed by atoms with Gasteiger partial charge in [0.05, 0.1) is 0 Å². The third-order valence-corrected chi connectivity index (χ3v) is 1.98. The maximum Gasteiger partial charge on any atom is 0.332 e. The maximum absolute atomic E-state index is 11.1. The van der Waals surface area contributed by atoms with Crippen molar-refractivity contribution in [3.05, 3.63) is 35.9 Å². The first-order valence-corrected chi connectivity index (χ1v) is 6.28. The molecule has 0 unspecified atom stereocenters. The average molecular weight is 552 g/mol. The zero-order valence-electron chi connectivity index (χ0n) is 12.1. The SMILES string of the molecule is CCN[C-]=O.O=CNCOCC(=O)OCc1ccccc1.[Fm]. The van der Waals surface area contributed by atoms with Crippen molar-refractivity contribution in [2.45, 2.75) is 13.5 Å². The molecule has 1 aromatic carbocycles. The minimum atomic E-state index is -0.462. The first kappa shape index (κ1) is 20.9. The topological polar surface area (TPSA) is 93.7 Å². The predicted octanol–water partition coefficient (Wildman–Crippen LogP) is 0.113. The van der Waals surface area contributed by atoms with Gasteiger partial charge in [0.15, 0.2) is 0 Å². The quantitative estimate of drug-likeness (QED) is 0.113. The molecular weight excluding hydrogens is 533 g/mol. The predicted molar refractivity (Wildman–Crippen MR) is 75.6 cm³/mol. The van der Waals surface area contributed by atoms with Gasteiger partial charge in [0.25, 0.3) is 0 Å². The second kappa shape index (κ2) is 15.6. The first-order chi connectivity index (χ1) is 10.2. The summed E-state index contributed by atoms with van der Waals surface area (Å²) in [5.74, 6) is -0.462. The Bertz CT molecular complexity index is 403. The molecule has 1 rings (SSSR count). The van der Waals surface area contributed by atoms with Crippen LogP contribution in [0, 0.1) is 0 Å². The average Bonchev–Trinajstić information content (AvgIpc) is 2.52. The van der Waals surface area contributed by atoms with E-state index >= 15 is 0 Å². The number of esters is 1. The van der Waals surface area contributed by atoms with Crippen LogP contribution < -0.4 is 10.6 Å². The van der Waals surface area contributed by atoms with Crippen LogP contribution in [0.2, 0.25) is 0 Å². The summed E-state index contributed by atoms with van der Waals surface area (Å²) in [6, 6.07) is 9.35. The van der Waals surface area contributed by atoms with E-state index in [1.165, 1.54) is 6.41 Å². The van der Waals surface area contributed by atoms with Crippen molar-refractivity contribution in [3.8, 4) is 0 Å². The molecule has 0 heterocycles. The summed E-state index contributed by atoms with van der Waals surface area (Å²) in [5, 5.41) is 4.57. The van der Waals surface area contributed by atoms with Gasteiger partial charge in [-0.25, -0.2) is 4.79 Å². The van der Waals surface area contributed by atoms with Crippen molar-refractivity contribution >= 4 is 18.8 Å². The van der Waals surface area contributed by atoms with Crippen molar-refractivity contribution in [3.63, 3.8) is 0 Å². The molecule has 8 heteroatoms. The van der Waals surface area contributed by atoms with Crippen LogP contribution in [0.3, 0.4) is 0 Å². The fourth-order valence-corrected chi connectivity index (χ4v) is 1.08. The van der Waals surface area contributed by atoms with E-state index in [9.17, 15) is 9.59 Å². The van der Waals surface area contributed by atoms with Gasteiger partial charge >= 0.3 is 5.97 Å². The van der Waals surface area contributed by atoms with E-state index in [1.807, 2.05) is 37.3 Å². The second-order valence-electron chi connectivity index (χ2n) is 3.59. The molecule has 0 aromatic heterocycles. The molecule has 0 aliphatic heterocycles. The molecule has 0 bridgehead atoms. The number of benzene rings is 1. The zero-order chi connectivity index (χ0) is 15.8. The smallest absolute Gasteiger partial charge is 0.332 e. The van der Waals surface area contributed by atoms with Crippen LogP contribution in [0.1, 0.15) is 12.5 Å². The number of ether oxygens (including phenoxy) is 2. The molecule has 7 nitrogen and oxygen atoms in total. The van der Waals surface area contributed by atoms with Gasteiger partial charge in [0.1, 0.15) is 19.9 Å². The molecule has 0 saturated heterocycles. The van der Waals surface area contributed by atoms with Crippen molar-refractivity contribution < 1.29 is 23.9 Å². The molecule has 2 amide bonds. The van der Waals surface area contributed by atoms with E-state index in [1.54, 1.807) is 0 Å². The molecule has 0 saturated carbocycles. The first-order valence-electron chi connectivity index (χ1n) is 6.28. The Hall–Kier alpha value is -3.41. The summed E-state index contributed by atoms with van der Waals surface area (Å²) < 4.78 is 9.74. The second-order valence-corrected chi connectivity index (χ2v) is 3.59. The summed E-state index contributed by atoms with van der Waals surface area (Å²) in [6.07, 6.45) is 2.01. The molecule has 1 aromatic rings. The Morgan fingerprint density at radius 2 is 2.00 bits per heavy atom. The number of hydrogen-bond acceptors (Lipinski definition) is 5. The molecule has 0 fully saturated rings. The monoisotopic (exact) mass is 552 g/mol. The number of amides is 2. The van der Waals surface area contributed by atoms with Gasteiger partial charge in [-0.2, -0.15) is 6.41 Å². The van der Waals surface area contributed by atoms with Crippen LogP contribution in [0.25, 0.3) is 0 Å². The van der Waals surface area contributed by atoms with Gasteiger partial charge in [-0.1, -0.05) is 37.3 Å². The third-order valence-electron chi connectivity index (χ3n) is 1.98. The molecule has 0 aliphatic rings. The minimum Gasteiger partial charge on any atom is -0.530 e. The molecule has 22 heavy (non-hydrogen) atoms. The Kier molecular flexibility index (Phi) is 14.9. The van der Waals surface area contributed by atoms with E-state index in [-0.39, 0.29) is 19.9 Å². The van der Waals surface area contributed by atoms with Gasteiger partial charge in [-0.05, 0) is 12.1 Å². The Morgan fingerprint density at radius 1 is 1.32 bits per heavy atom. The number of hydrogen-bond donors (Lipinski definition) is 2. The van der Waals surface area contributed by atoms with Crippen LogP contribution in [0.4, 0.5) is 0 Å². The van der Waals surface area contributed by atoms with Crippen LogP contribution in [-0.2, 0) is 30.5 Å². The fourth-order valence-electron chi connectivity index (χ4n) is 1.08. The van der Waals surface area contributed by atoms with Gasteiger partial charge in [-0.3, -0.25) is 4.79 Å². The number of carbonyl (C=O) groups excluding carboxylic acids is 3. The largest absolute Gasteiger partial charge is 0.530 e. The molecular formula is C14H19FmN2O5-. The fraction of sp³-hybridized carbons (Fsp3) is 0.357. The van der Waals surface area contributed by atoms with Crippen molar-refractivity contribution in [1.29, 1.82) is 0 Å². The van der Waals surface area contributed by atoms with Gasteiger partial charge in [0.2, 0.25) is 6.41 Å². The Morgan fingerprint density at radius 3 is 2.50 bits per heavy atom. The van der Waals surface area contributed by atoms with Gasteiger partial charge in [0, 0.05) is 0 Å². The number of rotatable bonds is 9. The molecule has 0 aliphatic carbocycles. The molecule has 128 valence electrons. The summed E-state index contributed by atoms with van der Waals surface area (Å²) >= 11 is 0. The summed E-state index contributed by atoms with van der Waals surface area (Å²) in [5.41, 5.74) is 0.918. The van der Waals surface area contributed by atoms with E-state index in [0.29, 0.717) is 13.0 Å². The van der Waals surface area contributed by atoms with Crippen molar-refractivity contribution in [1.82, 2.24) is 10.6 Å². The molecule has 0 radical (unpaired) electrons. The van der Waals surface area contributed by atoms with Crippen LogP contribution >= 0.6 is 0 Å². The van der Waals surface area contributed by atoms with E-state index in [0.717, 1.165) is 5.56 Å². The number of nitrogens with one attached hydrogen (secondary N) is 2. The van der Waals surface area contributed by atoms with Crippen molar-refractivity contribution in [2.24, 2.45) is 0 Å². The van der Waals surface area contributed by atoms with Crippen molar-refractivity contribution in [2.75, 3.05) is 19.9 Å². The third kappa shape index (κ3) is 13.0. The van der Waals surface area contributed by atoms with E-state index in [2.05, 4.69) is 10.6 Å². The van der Waals surface area contributed by atoms with Gasteiger partial charge in [-0.15, -0.1) is 0 Å².